The molecule has 0 aliphatic heterocycles. The molecule has 1 N–H and O–H groups in total. The maximum absolute atomic E-state index is 6.37. The number of hydrazone groups is 1. The van der Waals surface area contributed by atoms with Crippen molar-refractivity contribution in [2.45, 2.75) is 6.92 Å². The normalized spacial score (nSPS) is 11.4. The molecule has 7 heteroatoms. The smallest absolute Gasteiger partial charge is 0.167 e. The molecule has 0 amide bonds. The van der Waals surface area contributed by atoms with Crippen molar-refractivity contribution in [3.8, 4) is 10.4 Å². The standard InChI is InChI=1S/C18H13ClN4S2/c1-11-15-17(25-16(11)13-6-2-3-7-14(13)19)18(21-10-20-15)23-22-9-12-5-4-8-24-12/h2-10H,1H3,(H,20,21,23)/b22-9+. The van der Waals surface area contributed by atoms with E-state index in [1.165, 1.54) is 0 Å². The van der Waals surface area contributed by atoms with E-state index in [1.807, 2.05) is 41.8 Å². The molecule has 0 fully saturated rings. The Kier molecular flexibility index (Phi) is 4.48. The topological polar surface area (TPSA) is 50.2 Å². The molecule has 0 spiro atoms. The van der Waals surface area contributed by atoms with E-state index >= 15 is 0 Å². The molecule has 0 atom stereocenters. The molecule has 0 radical (unpaired) electrons. The molecule has 0 unspecified atom stereocenters. The number of rotatable bonds is 4. The summed E-state index contributed by atoms with van der Waals surface area (Å²) in [5, 5.41) is 7.04. The van der Waals surface area contributed by atoms with E-state index in [4.69, 9.17) is 11.6 Å². The van der Waals surface area contributed by atoms with Crippen LogP contribution in [-0.2, 0) is 0 Å². The van der Waals surface area contributed by atoms with Crippen LogP contribution in [0.4, 0.5) is 5.82 Å². The van der Waals surface area contributed by atoms with Gasteiger partial charge in [-0.25, -0.2) is 9.97 Å². The molecule has 0 saturated heterocycles. The van der Waals surface area contributed by atoms with Gasteiger partial charge in [-0.1, -0.05) is 35.9 Å². The molecule has 4 aromatic rings. The summed E-state index contributed by atoms with van der Waals surface area (Å²) in [5.41, 5.74) is 6.06. The highest BCUT2D eigenvalue weighted by molar-refractivity contribution is 7.23. The van der Waals surface area contributed by atoms with Crippen molar-refractivity contribution in [2.75, 3.05) is 5.43 Å². The van der Waals surface area contributed by atoms with E-state index in [0.29, 0.717) is 5.82 Å². The summed E-state index contributed by atoms with van der Waals surface area (Å²) in [6.07, 6.45) is 3.34. The average molecular weight is 385 g/mol. The van der Waals surface area contributed by atoms with Crippen molar-refractivity contribution in [1.82, 2.24) is 9.97 Å². The molecule has 1 aromatic carbocycles. The lowest BCUT2D eigenvalue weighted by molar-refractivity contribution is 1.18. The van der Waals surface area contributed by atoms with Gasteiger partial charge in [-0.2, -0.15) is 5.10 Å². The van der Waals surface area contributed by atoms with Gasteiger partial charge in [0.25, 0.3) is 0 Å². The minimum Gasteiger partial charge on any atom is -0.260 e. The molecule has 4 nitrogen and oxygen atoms in total. The van der Waals surface area contributed by atoms with Gasteiger partial charge in [0.1, 0.15) is 6.33 Å². The second-order valence-corrected chi connectivity index (χ2v) is 7.73. The van der Waals surface area contributed by atoms with Gasteiger partial charge in [-0.3, -0.25) is 5.43 Å². The number of fused-ring (bicyclic) bond motifs is 1. The van der Waals surface area contributed by atoms with Crippen molar-refractivity contribution in [2.24, 2.45) is 5.10 Å². The SMILES string of the molecule is Cc1c(-c2ccccc2Cl)sc2c(N/N=C/c3cccs3)ncnc12. The summed E-state index contributed by atoms with van der Waals surface area (Å²) in [7, 11) is 0. The molecule has 25 heavy (non-hydrogen) atoms. The van der Waals surface area contributed by atoms with Gasteiger partial charge in [0.2, 0.25) is 0 Å². The van der Waals surface area contributed by atoms with Crippen LogP contribution in [0.25, 0.3) is 20.7 Å². The zero-order chi connectivity index (χ0) is 17.2. The number of aryl methyl sites for hydroxylation is 1. The van der Waals surface area contributed by atoms with E-state index < -0.39 is 0 Å². The summed E-state index contributed by atoms with van der Waals surface area (Å²) in [6.45, 7) is 2.06. The highest BCUT2D eigenvalue weighted by atomic mass is 35.5. The first-order chi connectivity index (χ1) is 12.2. The third-order valence-corrected chi connectivity index (χ3v) is 6.19. The number of aromatic nitrogens is 2. The Bertz CT molecular complexity index is 1050. The third-order valence-electron chi connectivity index (χ3n) is 3.73. The van der Waals surface area contributed by atoms with E-state index in [1.54, 1.807) is 35.2 Å². The molecule has 124 valence electrons. The van der Waals surface area contributed by atoms with Crippen LogP contribution in [0.15, 0.2) is 53.2 Å². The molecule has 0 aliphatic carbocycles. The summed E-state index contributed by atoms with van der Waals surface area (Å²) >= 11 is 9.63. The first-order valence-corrected chi connectivity index (χ1v) is 9.63. The quantitative estimate of drug-likeness (QED) is 0.356. The van der Waals surface area contributed by atoms with Crippen molar-refractivity contribution in [3.63, 3.8) is 0 Å². The van der Waals surface area contributed by atoms with Gasteiger partial charge in [0, 0.05) is 20.3 Å². The van der Waals surface area contributed by atoms with Crippen molar-refractivity contribution in [3.05, 3.63) is 63.6 Å². The van der Waals surface area contributed by atoms with Gasteiger partial charge < -0.3 is 0 Å². The average Bonchev–Trinajstić information content (AvgIpc) is 3.25. The van der Waals surface area contributed by atoms with Crippen LogP contribution < -0.4 is 5.43 Å². The van der Waals surface area contributed by atoms with Gasteiger partial charge in [-0.15, -0.1) is 22.7 Å². The monoisotopic (exact) mass is 384 g/mol. The van der Waals surface area contributed by atoms with Crippen molar-refractivity contribution in [1.29, 1.82) is 0 Å². The van der Waals surface area contributed by atoms with E-state index in [-0.39, 0.29) is 0 Å². The van der Waals surface area contributed by atoms with E-state index in [9.17, 15) is 0 Å². The number of benzene rings is 1. The van der Waals surface area contributed by atoms with Gasteiger partial charge in [0.05, 0.1) is 16.4 Å². The minimum absolute atomic E-state index is 0.698. The Labute approximate surface area is 157 Å². The Balaban J connectivity index is 1.75. The molecular weight excluding hydrogens is 372 g/mol. The molecule has 4 rings (SSSR count). The largest absolute Gasteiger partial charge is 0.260 e. The first kappa shape index (κ1) is 16.2. The predicted molar refractivity (Wildman–Crippen MR) is 108 cm³/mol. The lowest BCUT2D eigenvalue weighted by Crippen LogP contribution is -1.93. The van der Waals surface area contributed by atoms with Crippen LogP contribution >= 0.6 is 34.3 Å². The fourth-order valence-electron chi connectivity index (χ4n) is 2.53. The zero-order valence-corrected chi connectivity index (χ0v) is 15.6. The molecule has 0 aliphatic rings. The zero-order valence-electron chi connectivity index (χ0n) is 13.2. The molecule has 3 heterocycles. The van der Waals surface area contributed by atoms with Gasteiger partial charge in [-0.05, 0) is 30.0 Å². The Morgan fingerprint density at radius 1 is 1.16 bits per heavy atom. The summed E-state index contributed by atoms with van der Waals surface area (Å²) in [4.78, 5) is 11.0. The summed E-state index contributed by atoms with van der Waals surface area (Å²) in [6, 6.07) is 11.8. The number of hydrogen-bond acceptors (Lipinski definition) is 6. The number of anilines is 1. The van der Waals surface area contributed by atoms with Crippen LogP contribution in [0.2, 0.25) is 5.02 Å². The Morgan fingerprint density at radius 3 is 2.84 bits per heavy atom. The van der Waals surface area contributed by atoms with Gasteiger partial charge in [0.15, 0.2) is 5.82 Å². The highest BCUT2D eigenvalue weighted by Gasteiger charge is 2.16. The molecule has 0 saturated carbocycles. The highest BCUT2D eigenvalue weighted by Crippen LogP contribution is 2.41. The Morgan fingerprint density at radius 2 is 2.04 bits per heavy atom. The molecule has 3 aromatic heterocycles. The van der Waals surface area contributed by atoms with Crippen molar-refractivity contribution < 1.29 is 0 Å². The maximum Gasteiger partial charge on any atom is 0.167 e. The predicted octanol–water partition coefficient (Wildman–Crippen LogP) is 5.83. The Hall–Kier alpha value is -2.28. The van der Waals surface area contributed by atoms with E-state index in [0.717, 1.165) is 36.1 Å². The van der Waals surface area contributed by atoms with E-state index in [2.05, 4.69) is 27.4 Å². The fourth-order valence-corrected chi connectivity index (χ4v) is 4.64. The van der Waals surface area contributed by atoms with Gasteiger partial charge >= 0.3 is 0 Å². The lowest BCUT2D eigenvalue weighted by atomic mass is 10.1. The number of thiophene rings is 2. The second-order valence-electron chi connectivity index (χ2n) is 5.32. The minimum atomic E-state index is 0.698. The summed E-state index contributed by atoms with van der Waals surface area (Å²) < 4.78 is 0.971. The van der Waals surface area contributed by atoms with Crippen LogP contribution in [0.3, 0.4) is 0 Å². The number of nitrogens with zero attached hydrogens (tertiary/aromatic N) is 3. The fraction of sp³-hybridized carbons (Fsp3) is 0.0556. The molecule has 0 bridgehead atoms. The van der Waals surface area contributed by atoms with Crippen LogP contribution in [0.5, 0.6) is 0 Å². The third kappa shape index (κ3) is 3.16. The molecular formula is C18H13ClN4S2. The number of halogens is 1. The lowest BCUT2D eigenvalue weighted by Gasteiger charge is -2.01. The van der Waals surface area contributed by atoms with Crippen LogP contribution in [-0.4, -0.2) is 16.2 Å². The maximum atomic E-state index is 6.37. The van der Waals surface area contributed by atoms with Crippen LogP contribution in [0.1, 0.15) is 10.4 Å². The number of nitrogens with one attached hydrogen (secondary N) is 1. The van der Waals surface area contributed by atoms with Crippen molar-refractivity contribution >= 4 is 56.5 Å². The van der Waals surface area contributed by atoms with Crippen LogP contribution in [0, 0.1) is 6.92 Å². The second kappa shape index (κ2) is 6.92. The summed E-state index contributed by atoms with van der Waals surface area (Å²) in [5.74, 6) is 0.698. The number of hydrogen-bond donors (Lipinski definition) is 1. The first-order valence-electron chi connectivity index (χ1n) is 7.55.